The lowest BCUT2D eigenvalue weighted by molar-refractivity contribution is 0.0429. The molecule has 2 N–H and O–H groups in total. The summed E-state index contributed by atoms with van der Waals surface area (Å²) in [6.45, 7) is 8.05. The number of hydrogen-bond acceptors (Lipinski definition) is 4. The molecule has 6 nitrogen and oxygen atoms in total. The van der Waals surface area contributed by atoms with Gasteiger partial charge in [0.25, 0.3) is 5.91 Å². The molecule has 0 aliphatic heterocycles. The van der Waals surface area contributed by atoms with E-state index in [4.69, 9.17) is 0 Å². The van der Waals surface area contributed by atoms with E-state index in [1.54, 1.807) is 30.2 Å². The van der Waals surface area contributed by atoms with Crippen LogP contribution in [-0.2, 0) is 0 Å². The average Bonchev–Trinajstić information content (AvgIpc) is 2.93. The smallest absolute Gasteiger partial charge is 0.254 e. The van der Waals surface area contributed by atoms with Crippen LogP contribution in [0.1, 0.15) is 49.7 Å². The van der Waals surface area contributed by atoms with Gasteiger partial charge in [-0.2, -0.15) is 5.10 Å². The van der Waals surface area contributed by atoms with Crippen LogP contribution in [0.2, 0.25) is 0 Å². The van der Waals surface area contributed by atoms with Crippen LogP contribution in [0.3, 0.4) is 0 Å². The standard InChI is InChI=1S/C18H26N4O2/c1-13(2)5-8-18(4,24)12-20-17(23)16-11-21-22(14(16)3)15-6-9-19-10-7-15/h6-7,9-11,13,24H,5,8,12H2,1-4H3,(H,20,23). The second-order valence-electron chi connectivity index (χ2n) is 6.87. The Balaban J connectivity index is 2.02. The van der Waals surface area contributed by atoms with Gasteiger partial charge in [0, 0.05) is 18.9 Å². The van der Waals surface area contributed by atoms with Crippen LogP contribution in [0.4, 0.5) is 0 Å². The highest BCUT2D eigenvalue weighted by Crippen LogP contribution is 2.17. The molecule has 0 aliphatic carbocycles. The third-order valence-electron chi connectivity index (χ3n) is 4.05. The molecule has 0 radical (unpaired) electrons. The van der Waals surface area contributed by atoms with Crippen LogP contribution in [0.25, 0.3) is 5.69 Å². The lowest BCUT2D eigenvalue weighted by Crippen LogP contribution is -2.40. The molecular formula is C18H26N4O2. The topological polar surface area (TPSA) is 80.0 Å². The first-order chi connectivity index (χ1) is 11.3. The van der Waals surface area contributed by atoms with E-state index in [0.717, 1.165) is 17.8 Å². The molecule has 0 aliphatic rings. The molecule has 0 aromatic carbocycles. The summed E-state index contributed by atoms with van der Waals surface area (Å²) in [4.78, 5) is 16.4. The van der Waals surface area contributed by atoms with Crippen LogP contribution >= 0.6 is 0 Å². The zero-order valence-electron chi connectivity index (χ0n) is 14.8. The first kappa shape index (κ1) is 18.1. The average molecular weight is 330 g/mol. The maximum absolute atomic E-state index is 12.4. The van der Waals surface area contributed by atoms with E-state index < -0.39 is 5.60 Å². The van der Waals surface area contributed by atoms with E-state index in [1.165, 1.54) is 0 Å². The molecule has 0 saturated heterocycles. The normalized spacial score (nSPS) is 13.8. The van der Waals surface area contributed by atoms with Crippen molar-refractivity contribution in [1.29, 1.82) is 0 Å². The maximum atomic E-state index is 12.4. The Kier molecular flexibility index (Phi) is 5.72. The van der Waals surface area contributed by atoms with Crippen molar-refractivity contribution in [3.8, 4) is 5.69 Å². The largest absolute Gasteiger partial charge is 0.388 e. The molecular weight excluding hydrogens is 304 g/mol. The summed E-state index contributed by atoms with van der Waals surface area (Å²) in [5.74, 6) is 0.297. The number of carbonyl (C=O) groups is 1. The number of amides is 1. The molecule has 1 atom stereocenters. The monoisotopic (exact) mass is 330 g/mol. The van der Waals surface area contributed by atoms with E-state index >= 15 is 0 Å². The van der Waals surface area contributed by atoms with Gasteiger partial charge in [-0.3, -0.25) is 9.78 Å². The zero-order valence-corrected chi connectivity index (χ0v) is 14.8. The highest BCUT2D eigenvalue weighted by Gasteiger charge is 2.23. The number of nitrogens with zero attached hydrogens (tertiary/aromatic N) is 3. The Morgan fingerprint density at radius 3 is 2.67 bits per heavy atom. The summed E-state index contributed by atoms with van der Waals surface area (Å²) in [6, 6.07) is 3.66. The molecule has 2 aromatic rings. The predicted molar refractivity (Wildman–Crippen MR) is 93.1 cm³/mol. The summed E-state index contributed by atoms with van der Waals surface area (Å²) in [5, 5.41) is 17.5. The lowest BCUT2D eigenvalue weighted by Gasteiger charge is -2.24. The molecule has 0 fully saturated rings. The molecule has 24 heavy (non-hydrogen) atoms. The van der Waals surface area contributed by atoms with Gasteiger partial charge in [0.15, 0.2) is 0 Å². The number of nitrogens with one attached hydrogen (secondary N) is 1. The molecule has 1 amide bonds. The minimum atomic E-state index is -0.908. The highest BCUT2D eigenvalue weighted by atomic mass is 16.3. The van der Waals surface area contributed by atoms with Crippen molar-refractivity contribution in [1.82, 2.24) is 20.1 Å². The fourth-order valence-corrected chi connectivity index (χ4v) is 2.43. The van der Waals surface area contributed by atoms with Crippen LogP contribution in [0.5, 0.6) is 0 Å². The number of aliphatic hydroxyl groups is 1. The van der Waals surface area contributed by atoms with Gasteiger partial charge in [-0.1, -0.05) is 13.8 Å². The first-order valence-corrected chi connectivity index (χ1v) is 8.26. The van der Waals surface area contributed by atoms with Crippen LogP contribution in [-0.4, -0.2) is 37.9 Å². The predicted octanol–water partition coefficient (Wildman–Crippen LogP) is 2.49. The fraction of sp³-hybridized carbons (Fsp3) is 0.500. The Hall–Kier alpha value is -2.21. The van der Waals surface area contributed by atoms with Gasteiger partial charge in [-0.05, 0) is 44.7 Å². The van der Waals surface area contributed by atoms with Crippen molar-refractivity contribution in [2.45, 2.75) is 46.1 Å². The van der Waals surface area contributed by atoms with Gasteiger partial charge in [0.1, 0.15) is 0 Å². The van der Waals surface area contributed by atoms with Gasteiger partial charge in [0.2, 0.25) is 0 Å². The van der Waals surface area contributed by atoms with Gasteiger partial charge in [-0.15, -0.1) is 0 Å². The summed E-state index contributed by atoms with van der Waals surface area (Å²) >= 11 is 0. The van der Waals surface area contributed by atoms with Gasteiger partial charge >= 0.3 is 0 Å². The van der Waals surface area contributed by atoms with Crippen molar-refractivity contribution >= 4 is 5.91 Å². The lowest BCUT2D eigenvalue weighted by atomic mass is 9.95. The second-order valence-corrected chi connectivity index (χ2v) is 6.87. The van der Waals surface area contributed by atoms with Crippen LogP contribution in [0, 0.1) is 12.8 Å². The Bertz CT molecular complexity index is 678. The van der Waals surface area contributed by atoms with Crippen LogP contribution < -0.4 is 5.32 Å². The SMILES string of the molecule is Cc1c(C(=O)NCC(C)(O)CCC(C)C)cnn1-c1ccncc1. The summed E-state index contributed by atoms with van der Waals surface area (Å²) in [6.07, 6.45) is 6.49. The molecule has 0 saturated carbocycles. The third kappa shape index (κ3) is 4.64. The van der Waals surface area contributed by atoms with E-state index in [9.17, 15) is 9.90 Å². The Labute approximate surface area is 142 Å². The van der Waals surface area contributed by atoms with Crippen molar-refractivity contribution in [3.63, 3.8) is 0 Å². The van der Waals surface area contributed by atoms with Gasteiger partial charge in [-0.25, -0.2) is 4.68 Å². The molecule has 6 heteroatoms. The molecule has 1 unspecified atom stereocenters. The molecule has 0 bridgehead atoms. The number of aromatic nitrogens is 3. The minimum Gasteiger partial charge on any atom is -0.388 e. The number of pyridine rings is 1. The molecule has 2 rings (SSSR count). The highest BCUT2D eigenvalue weighted by molar-refractivity contribution is 5.95. The van der Waals surface area contributed by atoms with Crippen LogP contribution in [0.15, 0.2) is 30.7 Å². The van der Waals surface area contributed by atoms with E-state index in [2.05, 4.69) is 29.2 Å². The zero-order chi connectivity index (χ0) is 17.7. The van der Waals surface area contributed by atoms with Crippen molar-refractivity contribution < 1.29 is 9.90 Å². The number of hydrogen-bond donors (Lipinski definition) is 2. The number of rotatable bonds is 7. The maximum Gasteiger partial charge on any atom is 0.254 e. The molecule has 0 spiro atoms. The third-order valence-corrected chi connectivity index (χ3v) is 4.05. The van der Waals surface area contributed by atoms with E-state index in [1.807, 2.05) is 19.1 Å². The Morgan fingerprint density at radius 1 is 1.38 bits per heavy atom. The summed E-state index contributed by atoms with van der Waals surface area (Å²) < 4.78 is 1.70. The minimum absolute atomic E-state index is 0.221. The quantitative estimate of drug-likeness (QED) is 0.817. The number of carbonyl (C=O) groups excluding carboxylic acids is 1. The van der Waals surface area contributed by atoms with Crippen molar-refractivity contribution in [2.75, 3.05) is 6.54 Å². The first-order valence-electron chi connectivity index (χ1n) is 8.26. The van der Waals surface area contributed by atoms with Gasteiger partial charge in [0.05, 0.1) is 28.7 Å². The molecule has 130 valence electrons. The molecule has 2 aromatic heterocycles. The summed E-state index contributed by atoms with van der Waals surface area (Å²) in [5.41, 5.74) is 1.20. The van der Waals surface area contributed by atoms with Gasteiger partial charge < -0.3 is 10.4 Å². The van der Waals surface area contributed by atoms with Crippen molar-refractivity contribution in [2.24, 2.45) is 5.92 Å². The van der Waals surface area contributed by atoms with E-state index in [0.29, 0.717) is 17.9 Å². The summed E-state index contributed by atoms with van der Waals surface area (Å²) in [7, 11) is 0. The Morgan fingerprint density at radius 2 is 2.04 bits per heavy atom. The second kappa shape index (κ2) is 7.57. The molecule has 2 heterocycles. The van der Waals surface area contributed by atoms with Crippen molar-refractivity contribution in [3.05, 3.63) is 42.0 Å². The van der Waals surface area contributed by atoms with E-state index in [-0.39, 0.29) is 12.5 Å². The fourth-order valence-electron chi connectivity index (χ4n) is 2.43.